The van der Waals surface area contributed by atoms with Crippen LogP contribution in [0.1, 0.15) is 5.69 Å². The Kier molecular flexibility index (Phi) is 2.89. The van der Waals surface area contributed by atoms with Crippen molar-refractivity contribution in [2.75, 3.05) is 6.54 Å². The minimum absolute atomic E-state index is 0.674. The standard InChI is InChI=1S/C6H8N2OS/c9-4-7-2-1-6-3-10-5-8-6/h3-5H,1-2H2,(H,7,9). The molecule has 1 amide bonds. The lowest BCUT2D eigenvalue weighted by Crippen LogP contribution is -2.14. The molecule has 1 aromatic heterocycles. The van der Waals surface area contributed by atoms with Crippen molar-refractivity contribution in [1.82, 2.24) is 10.3 Å². The van der Waals surface area contributed by atoms with Crippen LogP contribution >= 0.6 is 11.3 Å². The molecule has 1 rings (SSSR count). The van der Waals surface area contributed by atoms with Gasteiger partial charge in [-0.05, 0) is 0 Å². The summed E-state index contributed by atoms with van der Waals surface area (Å²) in [4.78, 5) is 13.9. The normalized spacial score (nSPS) is 9.20. The van der Waals surface area contributed by atoms with Crippen LogP contribution in [-0.4, -0.2) is 17.9 Å². The van der Waals surface area contributed by atoms with Crippen LogP contribution in [0.15, 0.2) is 10.9 Å². The van der Waals surface area contributed by atoms with Gasteiger partial charge in [0.05, 0.1) is 11.2 Å². The van der Waals surface area contributed by atoms with Crippen LogP contribution in [0.3, 0.4) is 0 Å². The van der Waals surface area contributed by atoms with E-state index in [1.165, 1.54) is 0 Å². The van der Waals surface area contributed by atoms with Crippen molar-refractivity contribution in [3.63, 3.8) is 0 Å². The monoisotopic (exact) mass is 156 g/mol. The predicted molar refractivity (Wildman–Crippen MR) is 39.9 cm³/mol. The van der Waals surface area contributed by atoms with E-state index in [0.29, 0.717) is 13.0 Å². The van der Waals surface area contributed by atoms with Crippen molar-refractivity contribution in [2.45, 2.75) is 6.42 Å². The number of thiazole rings is 1. The molecule has 0 radical (unpaired) electrons. The van der Waals surface area contributed by atoms with Gasteiger partial charge in [-0.2, -0.15) is 0 Å². The van der Waals surface area contributed by atoms with E-state index in [1.54, 1.807) is 16.8 Å². The Morgan fingerprint density at radius 2 is 2.70 bits per heavy atom. The highest BCUT2D eigenvalue weighted by atomic mass is 32.1. The summed E-state index contributed by atoms with van der Waals surface area (Å²) in [5.74, 6) is 0. The zero-order chi connectivity index (χ0) is 7.23. The molecular formula is C6H8N2OS. The average molecular weight is 156 g/mol. The fourth-order valence-electron chi connectivity index (χ4n) is 0.620. The molecular weight excluding hydrogens is 148 g/mol. The highest BCUT2D eigenvalue weighted by Gasteiger charge is 1.91. The van der Waals surface area contributed by atoms with E-state index in [4.69, 9.17) is 0 Å². The summed E-state index contributed by atoms with van der Waals surface area (Å²) >= 11 is 1.57. The fraction of sp³-hybridized carbons (Fsp3) is 0.333. The summed E-state index contributed by atoms with van der Waals surface area (Å²) in [6.07, 6.45) is 1.52. The molecule has 4 heteroatoms. The molecule has 0 aliphatic carbocycles. The zero-order valence-electron chi connectivity index (χ0n) is 5.41. The van der Waals surface area contributed by atoms with Gasteiger partial charge in [-0.3, -0.25) is 4.79 Å². The highest BCUT2D eigenvalue weighted by molar-refractivity contribution is 7.07. The summed E-state index contributed by atoms with van der Waals surface area (Å²) in [5, 5.41) is 4.55. The van der Waals surface area contributed by atoms with Gasteiger partial charge in [0.2, 0.25) is 6.41 Å². The van der Waals surface area contributed by atoms with Crippen LogP contribution in [0.2, 0.25) is 0 Å². The van der Waals surface area contributed by atoms with Crippen LogP contribution in [0.5, 0.6) is 0 Å². The number of nitrogens with one attached hydrogen (secondary N) is 1. The number of amides is 1. The van der Waals surface area contributed by atoms with E-state index in [1.807, 2.05) is 5.38 Å². The first-order valence-electron chi connectivity index (χ1n) is 2.97. The third kappa shape index (κ3) is 2.14. The number of carbonyl (C=O) groups excluding carboxylic acids is 1. The molecule has 0 aromatic carbocycles. The molecule has 1 N–H and O–H groups in total. The van der Waals surface area contributed by atoms with Crippen molar-refractivity contribution >= 4 is 17.7 Å². The van der Waals surface area contributed by atoms with Gasteiger partial charge in [0, 0.05) is 18.3 Å². The minimum Gasteiger partial charge on any atom is -0.358 e. The van der Waals surface area contributed by atoms with Gasteiger partial charge in [0.25, 0.3) is 0 Å². The molecule has 3 nitrogen and oxygen atoms in total. The average Bonchev–Trinajstić information content (AvgIpc) is 2.41. The first kappa shape index (κ1) is 7.21. The van der Waals surface area contributed by atoms with Crippen molar-refractivity contribution in [2.24, 2.45) is 0 Å². The summed E-state index contributed by atoms with van der Waals surface area (Å²) in [6, 6.07) is 0. The molecule has 0 aliphatic rings. The second-order valence-electron chi connectivity index (χ2n) is 1.80. The number of aromatic nitrogens is 1. The fourth-order valence-corrected chi connectivity index (χ4v) is 1.21. The van der Waals surface area contributed by atoms with Crippen LogP contribution < -0.4 is 5.32 Å². The molecule has 0 fully saturated rings. The van der Waals surface area contributed by atoms with Gasteiger partial charge in [-0.15, -0.1) is 11.3 Å². The van der Waals surface area contributed by atoms with E-state index in [-0.39, 0.29) is 0 Å². The minimum atomic E-state index is 0.674. The number of nitrogens with zero attached hydrogens (tertiary/aromatic N) is 1. The van der Waals surface area contributed by atoms with E-state index in [9.17, 15) is 4.79 Å². The molecule has 0 atom stereocenters. The van der Waals surface area contributed by atoms with E-state index in [2.05, 4.69) is 10.3 Å². The molecule has 0 saturated heterocycles. The first-order chi connectivity index (χ1) is 4.93. The van der Waals surface area contributed by atoms with Crippen LogP contribution in [-0.2, 0) is 11.2 Å². The predicted octanol–water partition coefficient (Wildman–Crippen LogP) is 0.432. The number of hydrogen-bond donors (Lipinski definition) is 1. The Bertz CT molecular complexity index is 186. The SMILES string of the molecule is O=CNCCc1cscn1. The topological polar surface area (TPSA) is 42.0 Å². The third-order valence-electron chi connectivity index (χ3n) is 1.09. The lowest BCUT2D eigenvalue weighted by molar-refractivity contribution is -0.109. The van der Waals surface area contributed by atoms with Gasteiger partial charge in [-0.1, -0.05) is 0 Å². The molecule has 10 heavy (non-hydrogen) atoms. The Balaban J connectivity index is 2.21. The lowest BCUT2D eigenvalue weighted by Gasteiger charge is -1.92. The van der Waals surface area contributed by atoms with Crippen LogP contribution in [0.4, 0.5) is 0 Å². The molecule has 0 saturated carbocycles. The first-order valence-corrected chi connectivity index (χ1v) is 3.92. The van der Waals surface area contributed by atoms with Crippen molar-refractivity contribution in [1.29, 1.82) is 0 Å². The summed E-state index contributed by atoms with van der Waals surface area (Å²) < 4.78 is 0. The van der Waals surface area contributed by atoms with E-state index < -0.39 is 0 Å². The third-order valence-corrected chi connectivity index (χ3v) is 1.73. The lowest BCUT2D eigenvalue weighted by atomic mass is 10.3. The Morgan fingerprint density at radius 3 is 3.30 bits per heavy atom. The van der Waals surface area contributed by atoms with Crippen LogP contribution in [0.25, 0.3) is 0 Å². The second kappa shape index (κ2) is 4.00. The summed E-state index contributed by atoms with van der Waals surface area (Å²) in [7, 11) is 0. The quantitative estimate of drug-likeness (QED) is 0.507. The van der Waals surface area contributed by atoms with Gasteiger partial charge < -0.3 is 5.32 Å². The largest absolute Gasteiger partial charge is 0.358 e. The Labute approximate surface area is 63.1 Å². The van der Waals surface area contributed by atoms with Crippen molar-refractivity contribution in [3.8, 4) is 0 Å². The van der Waals surface area contributed by atoms with Gasteiger partial charge in [0.15, 0.2) is 0 Å². The molecule has 0 aliphatic heterocycles. The Morgan fingerprint density at radius 1 is 1.80 bits per heavy atom. The summed E-state index contributed by atoms with van der Waals surface area (Å²) in [6.45, 7) is 0.674. The van der Waals surface area contributed by atoms with Crippen molar-refractivity contribution in [3.05, 3.63) is 16.6 Å². The molecule has 0 unspecified atom stereocenters. The maximum Gasteiger partial charge on any atom is 0.207 e. The second-order valence-corrected chi connectivity index (χ2v) is 2.52. The molecule has 0 spiro atoms. The van der Waals surface area contributed by atoms with Gasteiger partial charge in [0.1, 0.15) is 0 Å². The number of rotatable bonds is 4. The molecule has 54 valence electrons. The Hall–Kier alpha value is -0.900. The maximum atomic E-state index is 9.80. The van der Waals surface area contributed by atoms with E-state index in [0.717, 1.165) is 12.1 Å². The smallest absolute Gasteiger partial charge is 0.207 e. The number of hydrogen-bond acceptors (Lipinski definition) is 3. The van der Waals surface area contributed by atoms with Crippen molar-refractivity contribution < 1.29 is 4.79 Å². The van der Waals surface area contributed by atoms with Gasteiger partial charge >= 0.3 is 0 Å². The molecule has 0 bridgehead atoms. The summed E-state index contributed by atoms with van der Waals surface area (Å²) in [5.41, 5.74) is 2.83. The maximum absolute atomic E-state index is 9.80. The van der Waals surface area contributed by atoms with Gasteiger partial charge in [-0.25, -0.2) is 4.98 Å². The molecule has 1 aromatic rings. The highest BCUT2D eigenvalue weighted by Crippen LogP contribution is 1.99. The van der Waals surface area contributed by atoms with Crippen LogP contribution in [0, 0.1) is 0 Å². The van der Waals surface area contributed by atoms with E-state index >= 15 is 0 Å². The molecule has 1 heterocycles. The number of carbonyl (C=O) groups is 1. The zero-order valence-corrected chi connectivity index (χ0v) is 6.23.